The van der Waals surface area contributed by atoms with E-state index < -0.39 is 6.04 Å². The zero-order chi connectivity index (χ0) is 27.1. The number of ketones is 1. The van der Waals surface area contributed by atoms with Crippen molar-refractivity contribution < 1.29 is 9.53 Å². The maximum absolute atomic E-state index is 14.0. The first-order valence-electron chi connectivity index (χ1n) is 13.3. The van der Waals surface area contributed by atoms with E-state index in [0.29, 0.717) is 24.6 Å². The topological polar surface area (TPSA) is 67.4 Å². The minimum absolute atomic E-state index is 0.121. The highest BCUT2D eigenvalue weighted by molar-refractivity contribution is 6.01. The van der Waals surface area contributed by atoms with Crippen LogP contribution < -0.4 is 15.0 Å². The van der Waals surface area contributed by atoms with Crippen LogP contribution in [0.5, 0.6) is 11.6 Å². The predicted octanol–water partition coefficient (Wildman–Crippen LogP) is 7.53. The average molecular weight is 517 g/mol. The van der Waals surface area contributed by atoms with Crippen LogP contribution in [0.15, 0.2) is 96.9 Å². The Balaban J connectivity index is 1.65. The summed E-state index contributed by atoms with van der Waals surface area (Å²) >= 11 is 0. The fraction of sp³-hybridized carbons (Fsp3) is 0.242. The molecule has 1 atom stereocenters. The Morgan fingerprint density at radius 1 is 1.10 bits per heavy atom. The largest absolute Gasteiger partial charge is 0.439 e. The number of nitrogens with zero attached hydrogens (tertiary/aromatic N) is 3. The molecule has 0 saturated carbocycles. The lowest BCUT2D eigenvalue weighted by Crippen LogP contribution is -2.36. The van der Waals surface area contributed by atoms with Gasteiger partial charge in [0.15, 0.2) is 11.6 Å². The normalized spacial score (nSPS) is 18.2. The van der Waals surface area contributed by atoms with Crippen molar-refractivity contribution in [2.24, 2.45) is 5.41 Å². The third-order valence-electron chi connectivity index (χ3n) is 7.41. The summed E-state index contributed by atoms with van der Waals surface area (Å²) < 4.78 is 6.48. The van der Waals surface area contributed by atoms with Crippen LogP contribution in [-0.2, 0) is 4.79 Å². The molecule has 1 unspecified atom stereocenters. The summed E-state index contributed by atoms with van der Waals surface area (Å²) in [6.45, 7) is 10.9. The van der Waals surface area contributed by atoms with E-state index in [1.54, 1.807) is 6.20 Å². The molecule has 1 aliphatic carbocycles. The second-order valence-electron chi connectivity index (χ2n) is 11.2. The molecule has 0 fully saturated rings. The number of aromatic nitrogens is 2. The fourth-order valence-corrected chi connectivity index (χ4v) is 5.76. The maximum atomic E-state index is 14.0. The lowest BCUT2D eigenvalue weighted by Gasteiger charge is -2.38. The lowest BCUT2D eigenvalue weighted by atomic mass is 9.73. The van der Waals surface area contributed by atoms with Crippen molar-refractivity contribution in [3.05, 3.63) is 108 Å². The molecular weight excluding hydrogens is 484 g/mol. The Labute approximate surface area is 229 Å². The zero-order valence-electron chi connectivity index (χ0n) is 22.6. The second-order valence-corrected chi connectivity index (χ2v) is 11.2. The van der Waals surface area contributed by atoms with E-state index in [1.807, 2.05) is 54.6 Å². The van der Waals surface area contributed by atoms with Crippen molar-refractivity contribution in [1.82, 2.24) is 9.97 Å². The van der Waals surface area contributed by atoms with Gasteiger partial charge in [-0.3, -0.25) is 4.79 Å². The van der Waals surface area contributed by atoms with Gasteiger partial charge in [0.2, 0.25) is 5.88 Å². The van der Waals surface area contributed by atoms with Crippen molar-refractivity contribution >= 4 is 28.2 Å². The number of rotatable bonds is 5. The van der Waals surface area contributed by atoms with E-state index in [4.69, 9.17) is 9.72 Å². The molecule has 1 N–H and O–H groups in total. The molecule has 0 spiro atoms. The number of Topliss-reactive ketones (excluding diaryl/α,β-unsaturated/α-hetero) is 1. The van der Waals surface area contributed by atoms with E-state index >= 15 is 0 Å². The Kier molecular flexibility index (Phi) is 6.18. The number of anilines is 2. The van der Waals surface area contributed by atoms with Crippen LogP contribution in [0, 0.1) is 12.3 Å². The summed E-state index contributed by atoms with van der Waals surface area (Å²) in [7, 11) is 0. The monoisotopic (exact) mass is 516 g/mol. The maximum Gasteiger partial charge on any atom is 0.225 e. The highest BCUT2D eigenvalue weighted by Crippen LogP contribution is 2.49. The summed E-state index contributed by atoms with van der Waals surface area (Å²) in [4.78, 5) is 25.9. The number of hydrogen-bond acceptors (Lipinski definition) is 6. The predicted molar refractivity (Wildman–Crippen MR) is 156 cm³/mol. The first-order valence-corrected chi connectivity index (χ1v) is 13.3. The van der Waals surface area contributed by atoms with Gasteiger partial charge in [-0.15, -0.1) is 6.58 Å². The number of carbonyl (C=O) groups is 1. The molecule has 6 heteroatoms. The number of pyridine rings is 2. The molecule has 0 radical (unpaired) electrons. The average Bonchev–Trinajstić information content (AvgIpc) is 3.03. The van der Waals surface area contributed by atoms with Crippen molar-refractivity contribution in [1.29, 1.82) is 0 Å². The van der Waals surface area contributed by atoms with Crippen molar-refractivity contribution in [2.75, 3.05) is 16.8 Å². The summed E-state index contributed by atoms with van der Waals surface area (Å²) in [5.41, 5.74) is 5.18. The SMILES string of the molecule is C=CCN1c2cccnc2NC2=C(C(=O)CC(C)(C)C2)C1c1cc2cc(C)ccc2nc1Oc1ccccc1. The van der Waals surface area contributed by atoms with E-state index in [0.717, 1.165) is 51.2 Å². The van der Waals surface area contributed by atoms with Crippen LogP contribution in [0.2, 0.25) is 0 Å². The summed E-state index contributed by atoms with van der Waals surface area (Å²) in [6.07, 6.45) is 4.84. The third-order valence-corrected chi connectivity index (χ3v) is 7.41. The Morgan fingerprint density at radius 3 is 2.72 bits per heavy atom. The minimum atomic E-state index is -0.448. The van der Waals surface area contributed by atoms with Crippen LogP contribution in [0.4, 0.5) is 11.5 Å². The van der Waals surface area contributed by atoms with Gasteiger partial charge in [0.25, 0.3) is 0 Å². The van der Waals surface area contributed by atoms with Gasteiger partial charge in [0, 0.05) is 41.4 Å². The van der Waals surface area contributed by atoms with Crippen molar-refractivity contribution in [3.63, 3.8) is 0 Å². The number of fused-ring (bicyclic) bond motifs is 2. The number of ether oxygens (including phenoxy) is 1. The van der Waals surface area contributed by atoms with Crippen LogP contribution in [0.1, 0.15) is 43.9 Å². The Bertz CT molecular complexity index is 1620. The number of para-hydroxylation sites is 1. The minimum Gasteiger partial charge on any atom is -0.439 e. The van der Waals surface area contributed by atoms with Crippen LogP contribution in [0.25, 0.3) is 10.9 Å². The van der Waals surface area contributed by atoms with Gasteiger partial charge < -0.3 is 15.0 Å². The molecule has 39 heavy (non-hydrogen) atoms. The fourth-order valence-electron chi connectivity index (χ4n) is 5.76. The number of aryl methyl sites for hydroxylation is 1. The van der Waals surface area contributed by atoms with Gasteiger partial charge in [-0.05, 0) is 61.2 Å². The van der Waals surface area contributed by atoms with Gasteiger partial charge >= 0.3 is 0 Å². The molecule has 2 aromatic carbocycles. The van der Waals surface area contributed by atoms with Gasteiger partial charge in [0.1, 0.15) is 5.75 Å². The molecule has 0 saturated heterocycles. The van der Waals surface area contributed by atoms with Gasteiger partial charge in [0.05, 0.1) is 17.2 Å². The lowest BCUT2D eigenvalue weighted by molar-refractivity contribution is -0.118. The molecule has 1 aliphatic heterocycles. The smallest absolute Gasteiger partial charge is 0.225 e. The van der Waals surface area contributed by atoms with Crippen molar-refractivity contribution in [2.45, 2.75) is 39.7 Å². The number of nitrogens with one attached hydrogen (secondary N) is 1. The van der Waals surface area contributed by atoms with Crippen molar-refractivity contribution in [3.8, 4) is 11.6 Å². The highest BCUT2D eigenvalue weighted by Gasteiger charge is 2.42. The molecule has 0 amide bonds. The first-order chi connectivity index (χ1) is 18.8. The third kappa shape index (κ3) is 4.67. The Morgan fingerprint density at radius 2 is 1.92 bits per heavy atom. The van der Waals surface area contributed by atoms with E-state index in [1.165, 1.54) is 0 Å². The van der Waals surface area contributed by atoms with E-state index in [2.05, 4.69) is 60.7 Å². The Hall–Kier alpha value is -4.45. The van der Waals surface area contributed by atoms with Crippen LogP contribution in [0.3, 0.4) is 0 Å². The molecule has 2 aliphatic rings. The molecule has 196 valence electrons. The molecular formula is C33H32N4O2. The second kappa shape index (κ2) is 9.70. The van der Waals surface area contributed by atoms with Crippen LogP contribution >= 0.6 is 0 Å². The summed E-state index contributed by atoms with van der Waals surface area (Å²) in [5, 5.41) is 4.56. The van der Waals surface area contributed by atoms with Gasteiger partial charge in [-0.25, -0.2) is 9.97 Å². The molecule has 2 aromatic heterocycles. The molecule has 6 rings (SSSR count). The molecule has 6 nitrogen and oxygen atoms in total. The molecule has 3 heterocycles. The van der Waals surface area contributed by atoms with E-state index in [-0.39, 0.29) is 11.2 Å². The molecule has 0 bridgehead atoms. The summed E-state index contributed by atoms with van der Waals surface area (Å²) in [5.74, 6) is 2.02. The van der Waals surface area contributed by atoms with Gasteiger partial charge in [-0.1, -0.05) is 49.8 Å². The first kappa shape index (κ1) is 24.9. The molecule has 4 aromatic rings. The standard InChI is InChI=1S/C33H32N4O2/c1-5-16-37-27-12-9-15-34-31(27)35-26-19-33(3,4)20-28(38)29(26)30(37)24-18-22-17-21(2)13-14-25(22)36-32(24)39-23-10-7-6-8-11-23/h5-15,17-18,30H,1,16,19-20H2,2-4H3,(H,34,35). The van der Waals surface area contributed by atoms with Crippen LogP contribution in [-0.4, -0.2) is 22.3 Å². The van der Waals surface area contributed by atoms with Gasteiger partial charge in [-0.2, -0.15) is 0 Å². The number of benzene rings is 2. The number of carbonyl (C=O) groups excluding carboxylic acids is 1. The number of hydrogen-bond donors (Lipinski definition) is 1. The zero-order valence-corrected chi connectivity index (χ0v) is 22.6. The summed E-state index contributed by atoms with van der Waals surface area (Å²) in [6, 6.07) is 21.5. The van der Waals surface area contributed by atoms with E-state index in [9.17, 15) is 4.79 Å². The quantitative estimate of drug-likeness (QED) is 0.277. The number of allylic oxidation sites excluding steroid dienone is 1. The highest BCUT2D eigenvalue weighted by atomic mass is 16.5.